The Labute approximate surface area is 101 Å². The number of hydrogen-bond donors (Lipinski definition) is 2. The molecule has 17 heavy (non-hydrogen) atoms. The lowest BCUT2D eigenvalue weighted by Gasteiger charge is -2.10. The van der Waals surface area contributed by atoms with Crippen LogP contribution in [0.25, 0.3) is 0 Å². The van der Waals surface area contributed by atoms with Gasteiger partial charge in [0.05, 0.1) is 11.4 Å². The van der Waals surface area contributed by atoms with E-state index in [1.807, 2.05) is 6.92 Å². The maximum absolute atomic E-state index is 12.0. The zero-order chi connectivity index (χ0) is 12.4. The third-order valence-corrected chi connectivity index (χ3v) is 3.51. The first-order valence-electron chi connectivity index (χ1n) is 6.17. The third-order valence-electron chi connectivity index (χ3n) is 3.51. The van der Waals surface area contributed by atoms with E-state index in [9.17, 15) is 4.79 Å². The Morgan fingerprint density at radius 1 is 1.53 bits per heavy atom. The van der Waals surface area contributed by atoms with Crippen LogP contribution < -0.4 is 11.1 Å². The van der Waals surface area contributed by atoms with Gasteiger partial charge in [-0.25, -0.2) is 0 Å². The van der Waals surface area contributed by atoms with E-state index < -0.39 is 0 Å². The largest absolute Gasteiger partial charge is 0.395 e. The average molecular weight is 236 g/mol. The van der Waals surface area contributed by atoms with E-state index in [-0.39, 0.29) is 5.91 Å². The molecule has 0 aliphatic heterocycles. The number of nitrogen functional groups attached to an aromatic ring is 1. The first-order chi connectivity index (χ1) is 8.09. The third kappa shape index (κ3) is 2.43. The van der Waals surface area contributed by atoms with Gasteiger partial charge in [-0.05, 0) is 25.7 Å². The van der Waals surface area contributed by atoms with Gasteiger partial charge < -0.3 is 11.1 Å². The first-order valence-corrected chi connectivity index (χ1v) is 6.17. The van der Waals surface area contributed by atoms with Crippen LogP contribution >= 0.6 is 0 Å². The second-order valence-corrected chi connectivity index (χ2v) is 4.83. The molecule has 0 aromatic carbocycles. The summed E-state index contributed by atoms with van der Waals surface area (Å²) in [6.45, 7) is 2.56. The zero-order valence-electron chi connectivity index (χ0n) is 10.5. The van der Waals surface area contributed by atoms with E-state index >= 15 is 0 Å². The number of hydrogen-bond acceptors (Lipinski definition) is 3. The zero-order valence-corrected chi connectivity index (χ0v) is 10.5. The number of aromatic nitrogens is 2. The van der Waals surface area contributed by atoms with Crippen molar-refractivity contribution in [1.82, 2.24) is 15.1 Å². The van der Waals surface area contributed by atoms with Crippen LogP contribution in [0, 0.1) is 12.8 Å². The molecule has 0 bridgehead atoms. The molecule has 1 aliphatic carbocycles. The molecule has 1 aliphatic rings. The van der Waals surface area contributed by atoms with Crippen molar-refractivity contribution in [1.29, 1.82) is 0 Å². The minimum Gasteiger partial charge on any atom is -0.395 e. The molecule has 0 unspecified atom stereocenters. The van der Waals surface area contributed by atoms with Gasteiger partial charge in [0.15, 0.2) is 0 Å². The van der Waals surface area contributed by atoms with Gasteiger partial charge in [-0.3, -0.25) is 9.48 Å². The Balaban J connectivity index is 1.99. The van der Waals surface area contributed by atoms with Gasteiger partial charge in [0, 0.05) is 13.6 Å². The fraction of sp³-hybridized carbons (Fsp3) is 0.667. The second-order valence-electron chi connectivity index (χ2n) is 4.83. The normalized spacial score (nSPS) is 16.4. The molecule has 94 valence electrons. The Kier molecular flexibility index (Phi) is 3.36. The standard InChI is InChI=1S/C12H20N4O/c1-8-10(13)11(16(2)15-8)12(17)14-7-9-5-3-4-6-9/h9H,3-7,13H2,1-2H3,(H,14,17). The number of anilines is 1. The van der Waals surface area contributed by atoms with Crippen LogP contribution in [0.2, 0.25) is 0 Å². The van der Waals surface area contributed by atoms with E-state index in [1.165, 1.54) is 25.7 Å². The number of aryl methyl sites for hydroxylation is 2. The van der Waals surface area contributed by atoms with E-state index in [2.05, 4.69) is 10.4 Å². The van der Waals surface area contributed by atoms with Gasteiger partial charge in [-0.1, -0.05) is 12.8 Å². The number of nitrogens with two attached hydrogens (primary N) is 1. The molecule has 1 heterocycles. The Hall–Kier alpha value is -1.52. The van der Waals surface area contributed by atoms with Gasteiger partial charge in [0.1, 0.15) is 5.69 Å². The van der Waals surface area contributed by atoms with E-state index in [0.717, 1.165) is 6.54 Å². The number of carbonyl (C=O) groups is 1. The van der Waals surface area contributed by atoms with Crippen molar-refractivity contribution in [2.45, 2.75) is 32.6 Å². The first kappa shape index (κ1) is 12.0. The number of carbonyl (C=O) groups excluding carboxylic acids is 1. The predicted octanol–water partition coefficient (Wildman–Crippen LogP) is 1.23. The topological polar surface area (TPSA) is 72.9 Å². The summed E-state index contributed by atoms with van der Waals surface area (Å²) in [4.78, 5) is 12.0. The van der Waals surface area contributed by atoms with E-state index in [4.69, 9.17) is 5.73 Å². The molecule has 1 fully saturated rings. The van der Waals surface area contributed by atoms with Crippen molar-refractivity contribution >= 4 is 11.6 Å². The number of nitrogens with zero attached hydrogens (tertiary/aromatic N) is 2. The average Bonchev–Trinajstić information content (AvgIpc) is 2.86. The highest BCUT2D eigenvalue weighted by Gasteiger charge is 2.20. The van der Waals surface area contributed by atoms with Crippen LogP contribution in [0.1, 0.15) is 41.9 Å². The summed E-state index contributed by atoms with van der Waals surface area (Å²) in [6, 6.07) is 0. The summed E-state index contributed by atoms with van der Waals surface area (Å²) in [7, 11) is 1.74. The molecule has 1 aromatic heterocycles. The van der Waals surface area contributed by atoms with Crippen molar-refractivity contribution < 1.29 is 4.79 Å². The van der Waals surface area contributed by atoms with Crippen molar-refractivity contribution in [2.75, 3.05) is 12.3 Å². The highest BCUT2D eigenvalue weighted by atomic mass is 16.2. The molecule has 0 radical (unpaired) electrons. The van der Waals surface area contributed by atoms with Gasteiger partial charge in [-0.2, -0.15) is 5.10 Å². The van der Waals surface area contributed by atoms with Gasteiger partial charge in [0.25, 0.3) is 5.91 Å². The molecule has 3 N–H and O–H groups in total. The lowest BCUT2D eigenvalue weighted by atomic mass is 10.1. The molecule has 2 rings (SSSR count). The molecule has 5 heteroatoms. The van der Waals surface area contributed by atoms with Crippen LogP contribution in [0.5, 0.6) is 0 Å². The molecule has 1 saturated carbocycles. The molecule has 0 spiro atoms. The van der Waals surface area contributed by atoms with Crippen molar-refractivity contribution in [2.24, 2.45) is 13.0 Å². The monoisotopic (exact) mass is 236 g/mol. The smallest absolute Gasteiger partial charge is 0.271 e. The summed E-state index contributed by atoms with van der Waals surface area (Å²) in [5.74, 6) is 0.520. The maximum Gasteiger partial charge on any atom is 0.271 e. The molecule has 1 amide bonds. The number of rotatable bonds is 3. The Morgan fingerprint density at radius 2 is 2.18 bits per heavy atom. The summed E-state index contributed by atoms with van der Waals surface area (Å²) in [6.07, 6.45) is 5.02. The summed E-state index contributed by atoms with van der Waals surface area (Å²) in [5, 5.41) is 7.10. The Bertz CT molecular complexity index is 418. The molecule has 0 atom stereocenters. The summed E-state index contributed by atoms with van der Waals surface area (Å²) in [5.41, 5.74) is 7.51. The predicted molar refractivity (Wildman–Crippen MR) is 66.6 cm³/mol. The van der Waals surface area contributed by atoms with Crippen LogP contribution in [0.4, 0.5) is 5.69 Å². The number of nitrogens with one attached hydrogen (secondary N) is 1. The minimum atomic E-state index is -0.113. The highest BCUT2D eigenvalue weighted by molar-refractivity contribution is 5.97. The van der Waals surface area contributed by atoms with Gasteiger partial charge in [-0.15, -0.1) is 0 Å². The van der Waals surface area contributed by atoms with Crippen LogP contribution in [0.3, 0.4) is 0 Å². The van der Waals surface area contributed by atoms with Gasteiger partial charge in [0.2, 0.25) is 0 Å². The van der Waals surface area contributed by atoms with Crippen LogP contribution in [-0.2, 0) is 7.05 Å². The lowest BCUT2D eigenvalue weighted by molar-refractivity contribution is 0.0939. The van der Waals surface area contributed by atoms with Crippen molar-refractivity contribution in [3.05, 3.63) is 11.4 Å². The van der Waals surface area contributed by atoms with Crippen molar-refractivity contribution in [3.8, 4) is 0 Å². The molecular weight excluding hydrogens is 216 g/mol. The van der Waals surface area contributed by atoms with Crippen LogP contribution in [-0.4, -0.2) is 22.2 Å². The summed E-state index contributed by atoms with van der Waals surface area (Å²) < 4.78 is 1.55. The molecular formula is C12H20N4O. The molecule has 1 aromatic rings. The lowest BCUT2D eigenvalue weighted by Crippen LogP contribution is -2.30. The fourth-order valence-electron chi connectivity index (χ4n) is 2.48. The second kappa shape index (κ2) is 4.77. The number of amides is 1. The quantitative estimate of drug-likeness (QED) is 0.829. The maximum atomic E-state index is 12.0. The Morgan fingerprint density at radius 3 is 2.71 bits per heavy atom. The molecule has 5 nitrogen and oxygen atoms in total. The van der Waals surface area contributed by atoms with E-state index in [0.29, 0.717) is 23.0 Å². The van der Waals surface area contributed by atoms with Crippen molar-refractivity contribution in [3.63, 3.8) is 0 Å². The van der Waals surface area contributed by atoms with E-state index in [1.54, 1.807) is 11.7 Å². The highest BCUT2D eigenvalue weighted by Crippen LogP contribution is 2.24. The minimum absolute atomic E-state index is 0.113. The molecule has 0 saturated heterocycles. The SMILES string of the molecule is Cc1nn(C)c(C(=O)NCC2CCCC2)c1N. The van der Waals surface area contributed by atoms with Gasteiger partial charge >= 0.3 is 0 Å². The van der Waals surface area contributed by atoms with Crippen LogP contribution in [0.15, 0.2) is 0 Å². The fourth-order valence-corrected chi connectivity index (χ4v) is 2.48. The summed E-state index contributed by atoms with van der Waals surface area (Å²) >= 11 is 0.